The zero-order valence-corrected chi connectivity index (χ0v) is 10.2. The lowest BCUT2D eigenvalue weighted by molar-refractivity contribution is 0.0599. The van der Waals surface area contributed by atoms with Crippen molar-refractivity contribution < 1.29 is 19.1 Å². The van der Waals surface area contributed by atoms with E-state index in [0.717, 1.165) is 0 Å². The summed E-state index contributed by atoms with van der Waals surface area (Å²) in [7, 11) is 2.51. The first kappa shape index (κ1) is 12.7. The van der Waals surface area contributed by atoms with E-state index in [4.69, 9.17) is 0 Å². The van der Waals surface area contributed by atoms with Crippen LogP contribution in [-0.2, 0) is 9.47 Å². The molecule has 0 aliphatic rings. The lowest BCUT2D eigenvalue weighted by Gasteiger charge is -2.06. The highest BCUT2D eigenvalue weighted by Gasteiger charge is 2.14. The number of esters is 2. The molecule has 2 rings (SSSR count). The number of nitrogens with zero attached hydrogens (tertiary/aromatic N) is 4. The van der Waals surface area contributed by atoms with E-state index in [-0.39, 0.29) is 11.1 Å². The van der Waals surface area contributed by atoms with E-state index in [1.54, 1.807) is 0 Å². The predicted molar refractivity (Wildman–Crippen MR) is 61.8 cm³/mol. The van der Waals surface area contributed by atoms with Gasteiger partial charge in [0.2, 0.25) is 0 Å². The molecule has 98 valence electrons. The van der Waals surface area contributed by atoms with Gasteiger partial charge in [0, 0.05) is 0 Å². The topological polar surface area (TPSA) is 96.2 Å². The van der Waals surface area contributed by atoms with Gasteiger partial charge in [-0.15, -0.1) is 5.10 Å². The van der Waals surface area contributed by atoms with Crippen molar-refractivity contribution in [1.82, 2.24) is 20.2 Å². The van der Waals surface area contributed by atoms with Crippen molar-refractivity contribution in [2.45, 2.75) is 0 Å². The number of methoxy groups -OCH3 is 2. The molecule has 0 unspecified atom stereocenters. The molecule has 0 saturated carbocycles. The second-order valence-electron chi connectivity index (χ2n) is 3.51. The molecule has 8 heteroatoms. The Morgan fingerprint density at radius 3 is 2.05 bits per heavy atom. The minimum atomic E-state index is -0.569. The van der Waals surface area contributed by atoms with E-state index >= 15 is 0 Å². The number of benzene rings is 1. The highest BCUT2D eigenvalue weighted by Crippen LogP contribution is 2.15. The van der Waals surface area contributed by atoms with Gasteiger partial charge >= 0.3 is 11.9 Å². The number of hydrogen-bond donors (Lipinski definition) is 0. The van der Waals surface area contributed by atoms with Crippen LogP contribution >= 0.6 is 0 Å². The van der Waals surface area contributed by atoms with Gasteiger partial charge in [-0.2, -0.15) is 0 Å². The largest absolute Gasteiger partial charge is 0.465 e. The van der Waals surface area contributed by atoms with Crippen LogP contribution in [0.25, 0.3) is 5.69 Å². The van der Waals surface area contributed by atoms with Gasteiger partial charge in [-0.05, 0) is 28.6 Å². The summed E-state index contributed by atoms with van der Waals surface area (Å²) in [6.45, 7) is 0. The zero-order chi connectivity index (χ0) is 13.8. The van der Waals surface area contributed by atoms with Gasteiger partial charge in [0.15, 0.2) is 0 Å². The maximum atomic E-state index is 11.6. The highest BCUT2D eigenvalue weighted by atomic mass is 16.5. The molecule has 0 spiro atoms. The van der Waals surface area contributed by atoms with Gasteiger partial charge in [0.05, 0.1) is 31.0 Å². The molecule has 0 saturated heterocycles. The van der Waals surface area contributed by atoms with Crippen LogP contribution in [0, 0.1) is 0 Å². The fraction of sp³-hybridized carbons (Fsp3) is 0.182. The average molecular weight is 262 g/mol. The molecule has 1 heterocycles. The number of rotatable bonds is 3. The van der Waals surface area contributed by atoms with Crippen LogP contribution in [0.15, 0.2) is 24.5 Å². The number of tetrazole rings is 1. The lowest BCUT2D eigenvalue weighted by Crippen LogP contribution is -2.09. The number of carbonyl (C=O) groups excluding carboxylic acids is 2. The summed E-state index contributed by atoms with van der Waals surface area (Å²) >= 11 is 0. The molecule has 0 bridgehead atoms. The molecule has 0 radical (unpaired) electrons. The van der Waals surface area contributed by atoms with Crippen molar-refractivity contribution in [3.8, 4) is 5.69 Å². The third-order valence-corrected chi connectivity index (χ3v) is 2.37. The van der Waals surface area contributed by atoms with E-state index in [1.807, 2.05) is 0 Å². The first-order valence-electron chi connectivity index (χ1n) is 5.21. The fourth-order valence-corrected chi connectivity index (χ4v) is 1.49. The van der Waals surface area contributed by atoms with Gasteiger partial charge < -0.3 is 9.47 Å². The van der Waals surface area contributed by atoms with Crippen molar-refractivity contribution in [3.63, 3.8) is 0 Å². The average Bonchev–Trinajstić information content (AvgIpc) is 2.99. The maximum absolute atomic E-state index is 11.6. The quantitative estimate of drug-likeness (QED) is 0.730. The van der Waals surface area contributed by atoms with Crippen molar-refractivity contribution in [2.75, 3.05) is 14.2 Å². The summed E-state index contributed by atoms with van der Waals surface area (Å²) in [6, 6.07) is 4.40. The van der Waals surface area contributed by atoms with E-state index < -0.39 is 11.9 Å². The fourth-order valence-electron chi connectivity index (χ4n) is 1.49. The number of hydrogen-bond acceptors (Lipinski definition) is 7. The third kappa shape index (κ3) is 2.57. The van der Waals surface area contributed by atoms with E-state index in [9.17, 15) is 9.59 Å². The molecule has 0 atom stereocenters. The van der Waals surface area contributed by atoms with Crippen molar-refractivity contribution in [3.05, 3.63) is 35.7 Å². The summed E-state index contributed by atoms with van der Waals surface area (Å²) < 4.78 is 10.6. The summed E-state index contributed by atoms with van der Waals surface area (Å²) in [5.41, 5.74) is 0.861. The van der Waals surface area contributed by atoms with E-state index in [1.165, 1.54) is 43.4 Å². The van der Waals surface area contributed by atoms with Gasteiger partial charge in [-0.25, -0.2) is 14.3 Å². The predicted octanol–water partition coefficient (Wildman–Crippen LogP) is 0.235. The SMILES string of the molecule is COC(=O)c1cc(C(=O)OC)cc(-n2cnnn2)c1. The first-order chi connectivity index (χ1) is 9.15. The van der Waals surface area contributed by atoms with Gasteiger partial charge in [-0.3, -0.25) is 0 Å². The Morgan fingerprint density at radius 1 is 1.05 bits per heavy atom. The van der Waals surface area contributed by atoms with Crippen molar-refractivity contribution >= 4 is 11.9 Å². The van der Waals surface area contributed by atoms with Crippen LogP contribution in [0.1, 0.15) is 20.7 Å². The minimum absolute atomic E-state index is 0.205. The van der Waals surface area contributed by atoms with Gasteiger partial charge in [0.25, 0.3) is 0 Å². The molecule has 8 nitrogen and oxygen atoms in total. The number of carbonyl (C=O) groups is 2. The Hall–Kier alpha value is -2.77. The molecular weight excluding hydrogens is 252 g/mol. The summed E-state index contributed by atoms with van der Waals surface area (Å²) in [5, 5.41) is 10.7. The standard InChI is InChI=1S/C11H10N4O4/c1-18-10(16)7-3-8(11(17)19-2)5-9(4-7)15-6-12-13-14-15/h3-6H,1-2H3. The van der Waals surface area contributed by atoms with Gasteiger partial charge in [0.1, 0.15) is 6.33 Å². The molecule has 0 aliphatic carbocycles. The van der Waals surface area contributed by atoms with Crippen molar-refractivity contribution in [1.29, 1.82) is 0 Å². The molecule has 0 fully saturated rings. The molecule has 2 aromatic rings. The highest BCUT2D eigenvalue weighted by molar-refractivity contribution is 5.96. The van der Waals surface area contributed by atoms with Crippen LogP contribution in [0.3, 0.4) is 0 Å². The lowest BCUT2D eigenvalue weighted by atomic mass is 10.1. The first-order valence-corrected chi connectivity index (χ1v) is 5.21. The molecule has 19 heavy (non-hydrogen) atoms. The maximum Gasteiger partial charge on any atom is 0.337 e. The van der Waals surface area contributed by atoms with Crippen LogP contribution in [0.5, 0.6) is 0 Å². The van der Waals surface area contributed by atoms with E-state index in [2.05, 4.69) is 25.0 Å². The second kappa shape index (κ2) is 5.25. The van der Waals surface area contributed by atoms with Crippen LogP contribution in [-0.4, -0.2) is 46.4 Å². The monoisotopic (exact) mass is 262 g/mol. The molecule has 0 amide bonds. The molecule has 0 N–H and O–H groups in total. The summed E-state index contributed by atoms with van der Waals surface area (Å²) in [5.74, 6) is -1.14. The summed E-state index contributed by atoms with van der Waals surface area (Å²) in [6.07, 6.45) is 1.34. The Morgan fingerprint density at radius 2 is 1.63 bits per heavy atom. The zero-order valence-electron chi connectivity index (χ0n) is 10.2. The Bertz CT molecular complexity index is 575. The molecule has 1 aromatic heterocycles. The third-order valence-electron chi connectivity index (χ3n) is 2.37. The molecule has 0 aliphatic heterocycles. The summed E-state index contributed by atoms with van der Waals surface area (Å²) in [4.78, 5) is 23.1. The van der Waals surface area contributed by atoms with Crippen LogP contribution < -0.4 is 0 Å². The van der Waals surface area contributed by atoms with Crippen molar-refractivity contribution in [2.24, 2.45) is 0 Å². The Kier molecular flexibility index (Phi) is 3.51. The Balaban J connectivity index is 2.55. The Labute approximate surface area is 107 Å². The second-order valence-corrected chi connectivity index (χ2v) is 3.51. The smallest absolute Gasteiger partial charge is 0.337 e. The normalized spacial score (nSPS) is 10.0. The number of aromatic nitrogens is 4. The number of ether oxygens (including phenoxy) is 2. The van der Waals surface area contributed by atoms with Gasteiger partial charge in [-0.1, -0.05) is 0 Å². The van der Waals surface area contributed by atoms with Crippen LogP contribution in [0.2, 0.25) is 0 Å². The molecular formula is C11H10N4O4. The minimum Gasteiger partial charge on any atom is -0.465 e. The van der Waals surface area contributed by atoms with E-state index in [0.29, 0.717) is 5.69 Å². The van der Waals surface area contributed by atoms with Crippen LogP contribution in [0.4, 0.5) is 0 Å². The molecule has 1 aromatic carbocycles.